The fourth-order valence-electron chi connectivity index (χ4n) is 1.39. The van der Waals surface area contributed by atoms with E-state index < -0.39 is 0 Å². The van der Waals surface area contributed by atoms with Crippen molar-refractivity contribution in [3.05, 3.63) is 29.3 Å². The third-order valence-corrected chi connectivity index (χ3v) is 2.59. The van der Waals surface area contributed by atoms with Crippen LogP contribution in [0.5, 0.6) is 0 Å². The van der Waals surface area contributed by atoms with Crippen LogP contribution in [0.1, 0.15) is 49.1 Å². The molecule has 0 saturated heterocycles. The predicted octanol–water partition coefficient (Wildman–Crippen LogP) is 3.19. The number of nitrogen functional groups attached to an aromatic ring is 1. The van der Waals surface area contributed by atoms with Crippen molar-refractivity contribution in [2.45, 2.75) is 38.0 Å². The van der Waals surface area contributed by atoms with E-state index in [1.165, 1.54) is 32.1 Å². The SMILES string of the molecule is C1CC1.N#Cc1ccc(N)c(C2CC2)c1. The third kappa shape index (κ3) is 2.99. The highest BCUT2D eigenvalue weighted by atomic mass is 14.6. The molecule has 0 amide bonds. The average molecular weight is 200 g/mol. The molecule has 2 aliphatic rings. The Hall–Kier alpha value is -1.49. The van der Waals surface area contributed by atoms with Crippen LogP contribution in [-0.2, 0) is 0 Å². The van der Waals surface area contributed by atoms with Crippen LogP contribution in [0.15, 0.2) is 18.2 Å². The number of nitrogens with two attached hydrogens (primary N) is 1. The van der Waals surface area contributed by atoms with E-state index in [1.807, 2.05) is 12.1 Å². The summed E-state index contributed by atoms with van der Waals surface area (Å²) in [6.07, 6.45) is 6.94. The molecule has 2 aliphatic carbocycles. The van der Waals surface area contributed by atoms with Crippen molar-refractivity contribution in [1.82, 2.24) is 0 Å². The summed E-state index contributed by atoms with van der Waals surface area (Å²) < 4.78 is 0. The van der Waals surface area contributed by atoms with Crippen LogP contribution in [0.25, 0.3) is 0 Å². The van der Waals surface area contributed by atoms with Gasteiger partial charge in [0.15, 0.2) is 0 Å². The normalized spacial score (nSPS) is 17.3. The quantitative estimate of drug-likeness (QED) is 0.708. The molecule has 0 unspecified atom stereocenters. The van der Waals surface area contributed by atoms with Crippen molar-refractivity contribution in [1.29, 1.82) is 5.26 Å². The lowest BCUT2D eigenvalue weighted by molar-refractivity contribution is 1.13. The van der Waals surface area contributed by atoms with Gasteiger partial charge >= 0.3 is 0 Å². The minimum atomic E-state index is 0.623. The molecule has 0 spiro atoms. The lowest BCUT2D eigenvalue weighted by Gasteiger charge is -2.02. The molecule has 0 aliphatic heterocycles. The maximum atomic E-state index is 8.66. The summed E-state index contributed by atoms with van der Waals surface area (Å²) in [4.78, 5) is 0. The summed E-state index contributed by atoms with van der Waals surface area (Å²) in [5.74, 6) is 0.623. The first-order valence-corrected chi connectivity index (χ1v) is 5.61. The van der Waals surface area contributed by atoms with Gasteiger partial charge in [0.2, 0.25) is 0 Å². The molecule has 0 aromatic heterocycles. The Morgan fingerprint density at radius 1 is 1.20 bits per heavy atom. The molecule has 0 heterocycles. The first-order chi connectivity index (χ1) is 7.31. The summed E-state index contributed by atoms with van der Waals surface area (Å²) in [5.41, 5.74) is 8.48. The molecule has 15 heavy (non-hydrogen) atoms. The molecule has 78 valence electrons. The van der Waals surface area contributed by atoms with Gasteiger partial charge in [-0.25, -0.2) is 0 Å². The molecule has 2 N–H and O–H groups in total. The highest BCUT2D eigenvalue weighted by molar-refractivity contribution is 5.54. The zero-order valence-corrected chi connectivity index (χ0v) is 8.87. The van der Waals surface area contributed by atoms with Gasteiger partial charge in [0, 0.05) is 5.69 Å². The van der Waals surface area contributed by atoms with Gasteiger partial charge in [-0.15, -0.1) is 0 Å². The van der Waals surface area contributed by atoms with Gasteiger partial charge in [0.05, 0.1) is 11.6 Å². The zero-order chi connectivity index (χ0) is 10.7. The molecule has 1 aromatic carbocycles. The number of nitriles is 1. The van der Waals surface area contributed by atoms with Gasteiger partial charge in [0.1, 0.15) is 0 Å². The van der Waals surface area contributed by atoms with Crippen LogP contribution in [0, 0.1) is 11.3 Å². The maximum Gasteiger partial charge on any atom is 0.0991 e. The van der Waals surface area contributed by atoms with E-state index in [9.17, 15) is 0 Å². The molecule has 2 saturated carbocycles. The zero-order valence-electron chi connectivity index (χ0n) is 8.87. The van der Waals surface area contributed by atoms with E-state index in [1.54, 1.807) is 6.07 Å². The van der Waals surface area contributed by atoms with Crippen molar-refractivity contribution < 1.29 is 0 Å². The molecule has 2 heteroatoms. The Morgan fingerprint density at radius 2 is 1.87 bits per heavy atom. The Morgan fingerprint density at radius 3 is 2.33 bits per heavy atom. The predicted molar refractivity (Wildman–Crippen MR) is 61.4 cm³/mol. The number of anilines is 1. The number of benzene rings is 1. The fraction of sp³-hybridized carbons (Fsp3) is 0.462. The van der Waals surface area contributed by atoms with Crippen molar-refractivity contribution >= 4 is 5.69 Å². The van der Waals surface area contributed by atoms with Crippen molar-refractivity contribution in [3.63, 3.8) is 0 Å². The van der Waals surface area contributed by atoms with Crippen LogP contribution in [0.2, 0.25) is 0 Å². The summed E-state index contributed by atoms with van der Waals surface area (Å²) in [6.45, 7) is 0. The van der Waals surface area contributed by atoms with E-state index in [4.69, 9.17) is 11.0 Å². The lowest BCUT2D eigenvalue weighted by atomic mass is 10.1. The molecule has 0 atom stereocenters. The molecule has 2 fully saturated rings. The van der Waals surface area contributed by atoms with E-state index in [0.29, 0.717) is 11.5 Å². The third-order valence-electron chi connectivity index (χ3n) is 2.59. The second kappa shape index (κ2) is 4.35. The van der Waals surface area contributed by atoms with E-state index >= 15 is 0 Å². The number of nitrogens with zero attached hydrogens (tertiary/aromatic N) is 1. The first kappa shape index (κ1) is 10.0. The van der Waals surface area contributed by atoms with Gasteiger partial charge in [-0.1, -0.05) is 19.3 Å². The second-order valence-corrected chi connectivity index (χ2v) is 4.29. The minimum Gasteiger partial charge on any atom is -0.398 e. The molecule has 2 nitrogen and oxygen atoms in total. The first-order valence-electron chi connectivity index (χ1n) is 5.61. The van der Waals surface area contributed by atoms with Gasteiger partial charge in [-0.3, -0.25) is 0 Å². The van der Waals surface area contributed by atoms with E-state index in [2.05, 4.69) is 6.07 Å². The van der Waals surface area contributed by atoms with Crippen LogP contribution < -0.4 is 5.73 Å². The Bertz CT molecular complexity index is 381. The maximum absolute atomic E-state index is 8.66. The van der Waals surface area contributed by atoms with Crippen LogP contribution in [0.3, 0.4) is 0 Å². The highest BCUT2D eigenvalue weighted by Crippen LogP contribution is 2.42. The van der Waals surface area contributed by atoms with Crippen LogP contribution in [-0.4, -0.2) is 0 Å². The molecule has 1 aromatic rings. The summed E-state index contributed by atoms with van der Waals surface area (Å²) in [5, 5.41) is 8.66. The van der Waals surface area contributed by atoms with Gasteiger partial charge in [-0.05, 0) is 42.5 Å². The Labute approximate surface area is 90.7 Å². The lowest BCUT2D eigenvalue weighted by Crippen LogP contribution is -1.92. The van der Waals surface area contributed by atoms with Crippen LogP contribution in [0.4, 0.5) is 5.69 Å². The topological polar surface area (TPSA) is 49.8 Å². The van der Waals surface area contributed by atoms with Gasteiger partial charge in [-0.2, -0.15) is 5.26 Å². The Balaban J connectivity index is 0.000000244. The monoisotopic (exact) mass is 200 g/mol. The number of hydrogen-bond donors (Lipinski definition) is 1. The largest absolute Gasteiger partial charge is 0.398 e. The highest BCUT2D eigenvalue weighted by Gasteiger charge is 2.25. The number of hydrogen-bond acceptors (Lipinski definition) is 2. The fourth-order valence-corrected chi connectivity index (χ4v) is 1.39. The molecular formula is C13H16N2. The van der Waals surface area contributed by atoms with Crippen molar-refractivity contribution in [2.75, 3.05) is 5.73 Å². The number of rotatable bonds is 1. The second-order valence-electron chi connectivity index (χ2n) is 4.29. The Kier molecular flexibility index (Phi) is 2.91. The van der Waals surface area contributed by atoms with Crippen LogP contribution >= 0.6 is 0 Å². The summed E-state index contributed by atoms with van der Waals surface area (Å²) >= 11 is 0. The minimum absolute atomic E-state index is 0.623. The standard InChI is InChI=1S/C10H10N2.C3H6/c11-6-7-1-4-10(12)9(5-7)8-2-3-8;1-2-3-1/h1,4-5,8H,2-3,12H2;1-3H2. The molecule has 3 rings (SSSR count). The van der Waals surface area contributed by atoms with E-state index in [0.717, 1.165) is 11.3 Å². The van der Waals surface area contributed by atoms with Crippen molar-refractivity contribution in [3.8, 4) is 6.07 Å². The molecular weight excluding hydrogens is 184 g/mol. The molecule has 0 radical (unpaired) electrons. The van der Waals surface area contributed by atoms with Gasteiger partial charge in [0.25, 0.3) is 0 Å². The smallest absolute Gasteiger partial charge is 0.0991 e. The average Bonchev–Trinajstić information content (AvgIpc) is 3.06. The molecule has 0 bridgehead atoms. The summed E-state index contributed by atoms with van der Waals surface area (Å²) in [6, 6.07) is 7.62. The van der Waals surface area contributed by atoms with Crippen molar-refractivity contribution in [2.24, 2.45) is 0 Å². The van der Waals surface area contributed by atoms with E-state index in [-0.39, 0.29) is 0 Å². The van der Waals surface area contributed by atoms with Gasteiger partial charge < -0.3 is 5.73 Å². The summed E-state index contributed by atoms with van der Waals surface area (Å²) in [7, 11) is 0.